The largest absolute Gasteiger partial charge is 0.396 e. The topological polar surface area (TPSA) is 65.7 Å². The lowest BCUT2D eigenvalue weighted by molar-refractivity contribution is 0.188. The zero-order chi connectivity index (χ0) is 15.9. The maximum Gasteiger partial charge on any atom is 0.193 e. The fourth-order valence-corrected chi connectivity index (χ4v) is 2.82. The average Bonchev–Trinajstić information content (AvgIpc) is 3.06. The molecular weight excluding hydrogens is 278 g/mol. The summed E-state index contributed by atoms with van der Waals surface area (Å²) in [5.41, 5.74) is 0. The van der Waals surface area contributed by atoms with Gasteiger partial charge in [0.2, 0.25) is 0 Å². The molecule has 6 heteroatoms. The molecule has 1 aliphatic heterocycles. The summed E-state index contributed by atoms with van der Waals surface area (Å²) < 4.78 is 2.21. The summed E-state index contributed by atoms with van der Waals surface area (Å²) >= 11 is 0. The molecule has 0 aromatic carbocycles. The molecule has 1 fully saturated rings. The van der Waals surface area contributed by atoms with Crippen LogP contribution in [0.1, 0.15) is 33.2 Å². The Morgan fingerprint density at radius 2 is 2.36 bits per heavy atom. The summed E-state index contributed by atoms with van der Waals surface area (Å²) in [5, 5.41) is 12.6. The third kappa shape index (κ3) is 4.22. The molecule has 22 heavy (non-hydrogen) atoms. The highest BCUT2D eigenvalue weighted by Gasteiger charge is 2.28. The monoisotopic (exact) mass is 307 g/mol. The van der Waals surface area contributed by atoms with E-state index in [4.69, 9.17) is 4.99 Å². The second-order valence-corrected chi connectivity index (χ2v) is 6.27. The quantitative estimate of drug-likeness (QED) is 0.637. The zero-order valence-corrected chi connectivity index (χ0v) is 13.9. The van der Waals surface area contributed by atoms with Gasteiger partial charge in [0.05, 0.1) is 12.4 Å². The number of nitrogens with one attached hydrogen (secondary N) is 1. The highest BCUT2D eigenvalue weighted by atomic mass is 16.3. The number of hydrogen-bond donors (Lipinski definition) is 2. The average molecular weight is 307 g/mol. The van der Waals surface area contributed by atoms with Crippen LogP contribution in [0.3, 0.4) is 0 Å². The summed E-state index contributed by atoms with van der Waals surface area (Å²) in [4.78, 5) is 11.2. The number of aromatic nitrogens is 2. The minimum absolute atomic E-state index is 0.178. The maximum atomic E-state index is 9.18. The highest BCUT2D eigenvalue weighted by Crippen LogP contribution is 2.27. The van der Waals surface area contributed by atoms with Crippen LogP contribution < -0.4 is 5.32 Å². The smallest absolute Gasteiger partial charge is 0.193 e. The van der Waals surface area contributed by atoms with E-state index >= 15 is 0 Å². The fraction of sp³-hybridized carbons (Fsp3) is 0.750. The van der Waals surface area contributed by atoms with Crippen LogP contribution in [-0.4, -0.2) is 58.3 Å². The van der Waals surface area contributed by atoms with Gasteiger partial charge in [-0.2, -0.15) is 0 Å². The molecule has 2 rings (SSSR count). The van der Waals surface area contributed by atoms with Crippen molar-refractivity contribution in [2.24, 2.45) is 16.8 Å². The Bertz CT molecular complexity index is 459. The minimum atomic E-state index is 0.178. The first-order valence-corrected chi connectivity index (χ1v) is 8.27. The predicted molar refractivity (Wildman–Crippen MR) is 88.8 cm³/mol. The number of hydrogen-bond acceptors (Lipinski definition) is 3. The van der Waals surface area contributed by atoms with E-state index < -0.39 is 0 Å². The molecule has 0 aliphatic carbocycles. The van der Waals surface area contributed by atoms with Gasteiger partial charge in [-0.25, -0.2) is 4.98 Å². The Morgan fingerprint density at radius 1 is 1.55 bits per heavy atom. The number of likely N-dealkylation sites (tertiary alicyclic amines) is 1. The number of aliphatic imine (C=N–C) groups is 1. The molecular formula is C16H29N5O. The summed E-state index contributed by atoms with van der Waals surface area (Å²) in [6, 6.07) is 0.426. The van der Waals surface area contributed by atoms with Gasteiger partial charge in [0.1, 0.15) is 0 Å². The van der Waals surface area contributed by atoms with E-state index in [1.165, 1.54) is 0 Å². The van der Waals surface area contributed by atoms with E-state index in [1.54, 1.807) is 0 Å². The molecule has 2 N–H and O–H groups in total. The van der Waals surface area contributed by atoms with E-state index in [-0.39, 0.29) is 12.5 Å². The van der Waals surface area contributed by atoms with Crippen molar-refractivity contribution in [1.29, 1.82) is 0 Å². The van der Waals surface area contributed by atoms with E-state index in [0.29, 0.717) is 18.5 Å². The summed E-state index contributed by atoms with van der Waals surface area (Å²) in [5.74, 6) is 1.78. The van der Waals surface area contributed by atoms with E-state index in [2.05, 4.69) is 33.6 Å². The van der Waals surface area contributed by atoms with Crippen LogP contribution in [0.15, 0.2) is 23.7 Å². The van der Waals surface area contributed by atoms with Crippen LogP contribution in [-0.2, 0) is 0 Å². The van der Waals surface area contributed by atoms with E-state index in [1.807, 2.05) is 25.6 Å². The highest BCUT2D eigenvalue weighted by molar-refractivity contribution is 5.80. The van der Waals surface area contributed by atoms with Gasteiger partial charge >= 0.3 is 0 Å². The molecule has 1 saturated heterocycles. The molecule has 0 bridgehead atoms. The predicted octanol–water partition coefficient (Wildman–Crippen LogP) is 1.36. The third-order valence-electron chi connectivity index (χ3n) is 4.33. The molecule has 1 aromatic rings. The van der Waals surface area contributed by atoms with Crippen molar-refractivity contribution in [1.82, 2.24) is 19.8 Å². The van der Waals surface area contributed by atoms with Crippen molar-refractivity contribution < 1.29 is 5.11 Å². The summed E-state index contributed by atoms with van der Waals surface area (Å²) in [6.45, 7) is 10.1. The van der Waals surface area contributed by atoms with Gasteiger partial charge in [-0.1, -0.05) is 13.8 Å². The van der Waals surface area contributed by atoms with Crippen LogP contribution in [0.4, 0.5) is 0 Å². The van der Waals surface area contributed by atoms with Crippen LogP contribution >= 0.6 is 0 Å². The Labute approximate surface area is 133 Å². The molecule has 6 nitrogen and oxygen atoms in total. The van der Waals surface area contributed by atoms with Crippen molar-refractivity contribution in [2.75, 3.05) is 32.8 Å². The number of piperidine rings is 1. The zero-order valence-electron chi connectivity index (χ0n) is 13.9. The number of imidazole rings is 1. The van der Waals surface area contributed by atoms with Gasteiger partial charge in [0.15, 0.2) is 5.96 Å². The first-order valence-electron chi connectivity index (χ1n) is 8.27. The molecule has 0 saturated carbocycles. The van der Waals surface area contributed by atoms with Crippen molar-refractivity contribution in [3.63, 3.8) is 0 Å². The van der Waals surface area contributed by atoms with Crippen LogP contribution in [0, 0.1) is 11.8 Å². The molecule has 0 amide bonds. The van der Waals surface area contributed by atoms with Crippen LogP contribution in [0.5, 0.6) is 0 Å². The normalized spacial score (nSPS) is 24.4. The first kappa shape index (κ1) is 16.8. The molecule has 3 atom stereocenters. The first-order chi connectivity index (χ1) is 10.7. The van der Waals surface area contributed by atoms with Crippen molar-refractivity contribution in [3.05, 3.63) is 18.7 Å². The fourth-order valence-electron chi connectivity index (χ4n) is 2.82. The van der Waals surface area contributed by atoms with E-state index in [0.717, 1.165) is 32.0 Å². The second kappa shape index (κ2) is 8.17. The maximum absolute atomic E-state index is 9.18. The van der Waals surface area contributed by atoms with Gasteiger partial charge in [-0.3, -0.25) is 4.99 Å². The number of guanidine groups is 1. The lowest BCUT2D eigenvalue weighted by Crippen LogP contribution is -2.49. The number of rotatable bonds is 5. The Balaban J connectivity index is 2.07. The Hall–Kier alpha value is -1.56. The van der Waals surface area contributed by atoms with Gasteiger partial charge in [-0.15, -0.1) is 0 Å². The minimum Gasteiger partial charge on any atom is -0.396 e. The van der Waals surface area contributed by atoms with Gasteiger partial charge < -0.3 is 19.9 Å². The summed E-state index contributed by atoms with van der Waals surface area (Å²) in [6.07, 6.45) is 6.93. The Kier molecular flexibility index (Phi) is 6.24. The molecule has 1 aromatic heterocycles. The third-order valence-corrected chi connectivity index (χ3v) is 4.33. The van der Waals surface area contributed by atoms with Crippen molar-refractivity contribution >= 4 is 5.96 Å². The van der Waals surface area contributed by atoms with Crippen LogP contribution in [0.25, 0.3) is 0 Å². The lowest BCUT2D eigenvalue weighted by Gasteiger charge is -2.39. The molecule has 2 heterocycles. The van der Waals surface area contributed by atoms with E-state index in [9.17, 15) is 5.11 Å². The molecule has 0 radical (unpaired) electrons. The standard InChI is InChI=1S/C16H29N5O/c1-4-18-16(19-9-13(2)11-22)20-7-5-14(3)15(10-20)21-8-6-17-12-21/h6,8,12-15,22H,4-5,7,9-11H2,1-3H3,(H,18,19). The lowest BCUT2D eigenvalue weighted by atomic mass is 9.93. The number of aliphatic hydroxyl groups is 1. The SMILES string of the molecule is CCNC(=NCC(C)CO)N1CCC(C)C(n2ccnc2)C1. The number of nitrogens with zero attached hydrogens (tertiary/aromatic N) is 4. The van der Waals surface area contributed by atoms with Crippen molar-refractivity contribution in [2.45, 2.75) is 33.2 Å². The molecule has 0 spiro atoms. The van der Waals surface area contributed by atoms with Gasteiger partial charge in [0, 0.05) is 45.2 Å². The number of aliphatic hydroxyl groups excluding tert-OH is 1. The Morgan fingerprint density at radius 3 is 3.00 bits per heavy atom. The van der Waals surface area contributed by atoms with Gasteiger partial charge in [-0.05, 0) is 25.2 Å². The molecule has 3 unspecified atom stereocenters. The van der Waals surface area contributed by atoms with Crippen molar-refractivity contribution in [3.8, 4) is 0 Å². The summed E-state index contributed by atoms with van der Waals surface area (Å²) in [7, 11) is 0. The van der Waals surface area contributed by atoms with Gasteiger partial charge in [0.25, 0.3) is 0 Å². The molecule has 1 aliphatic rings. The van der Waals surface area contributed by atoms with Crippen LogP contribution in [0.2, 0.25) is 0 Å². The second-order valence-electron chi connectivity index (χ2n) is 6.27. The molecule has 124 valence electrons.